The lowest BCUT2D eigenvalue weighted by molar-refractivity contribution is 2.50. The van der Waals surface area contributed by atoms with Gasteiger partial charge in [-0.05, 0) is 0 Å². The molecule has 0 saturated heterocycles. The minimum atomic E-state index is 0. The van der Waals surface area contributed by atoms with E-state index in [9.17, 15) is 0 Å². The quantitative estimate of drug-likeness (QED) is 0.590. The van der Waals surface area contributed by atoms with Gasteiger partial charge in [0.1, 0.15) is 0 Å². The first kappa shape index (κ1) is 268. The van der Waals surface area contributed by atoms with Gasteiger partial charge in [-0.15, -0.1) is 34.0 Å². The maximum absolute atomic E-state index is 0. The highest BCUT2D eigenvalue weighted by molar-refractivity contribution is 8.93. The zero-order chi connectivity index (χ0) is 0. The van der Waals surface area contributed by atoms with E-state index in [0.29, 0.717) is 0 Å². The minimum Gasteiger partial charge on any atom is -0.114 e. The van der Waals surface area contributed by atoms with E-state index in [1.165, 1.54) is 0 Å². The van der Waals surface area contributed by atoms with Gasteiger partial charge >= 0.3 is 0 Å². The Balaban J connectivity index is 0. The Morgan fingerprint density at radius 1 is 0.333 bits per heavy atom. The van der Waals surface area contributed by atoms with Crippen molar-refractivity contribution in [1.29, 1.82) is 0 Å². The Morgan fingerprint density at radius 3 is 0.333 bits per heavy atom. The van der Waals surface area contributed by atoms with E-state index in [1.54, 1.807) is 0 Å². The van der Waals surface area contributed by atoms with Crippen LogP contribution >= 0.6 is 34.0 Å². The van der Waals surface area contributed by atoms with Crippen LogP contribution < -0.4 is 0 Å². The molecule has 0 atom stereocenters. The van der Waals surface area contributed by atoms with Crippen molar-refractivity contribution in [2.75, 3.05) is 0 Å². The summed E-state index contributed by atoms with van der Waals surface area (Å²) in [4.78, 5) is 0. The van der Waals surface area contributed by atoms with Gasteiger partial charge in [-0.2, -0.15) is 0 Å². The molecule has 0 saturated carbocycles. The largest absolute Gasteiger partial charge is 0.114 e. The van der Waals surface area contributed by atoms with Crippen LogP contribution in [0, 0.1) is 0 Å². The summed E-state index contributed by atoms with van der Waals surface area (Å²) < 4.78 is 0. The van der Waals surface area contributed by atoms with Crippen molar-refractivity contribution in [3.63, 3.8) is 0 Å². The van der Waals surface area contributed by atoms with Crippen LogP contribution in [0.1, 0.15) is 29.7 Å². The lowest BCUT2D eigenvalue weighted by Gasteiger charge is -0.115. The Labute approximate surface area is 63.9 Å². The number of rotatable bonds is 0. The third kappa shape index (κ3) is 84.4. The highest BCUT2D eigenvalue weighted by Gasteiger charge is -0.0743. The van der Waals surface area contributed by atoms with Crippen LogP contribution in [0.4, 0.5) is 0 Å². The van der Waals surface area contributed by atoms with E-state index in [1.807, 2.05) is 0 Å². The molecule has 0 bridgehead atoms. The van der Waals surface area contributed by atoms with Gasteiger partial charge in [0, 0.05) is 0 Å². The SMILES string of the molecule is Br.Br.C.C.C.C. The van der Waals surface area contributed by atoms with Crippen molar-refractivity contribution in [2.45, 2.75) is 29.7 Å². The fraction of sp³-hybridized carbons (Fsp3) is 1.00. The van der Waals surface area contributed by atoms with Crippen molar-refractivity contribution in [3.05, 3.63) is 0 Å². The summed E-state index contributed by atoms with van der Waals surface area (Å²) in [6.07, 6.45) is 0. The molecule has 0 unspecified atom stereocenters. The molecule has 0 radical (unpaired) electrons. The Hall–Kier alpha value is 0.960. The van der Waals surface area contributed by atoms with Crippen molar-refractivity contribution < 1.29 is 0 Å². The summed E-state index contributed by atoms with van der Waals surface area (Å²) in [5, 5.41) is 0. The lowest BCUT2D eigenvalue weighted by atomic mass is 12.0. The van der Waals surface area contributed by atoms with Crippen molar-refractivity contribution in [2.24, 2.45) is 0 Å². The average molecular weight is 226 g/mol. The topological polar surface area (TPSA) is 0 Å². The first-order chi connectivity index (χ1) is 0. The van der Waals surface area contributed by atoms with Crippen LogP contribution in [0.25, 0.3) is 0 Å². The molecule has 6 heavy (non-hydrogen) atoms. The van der Waals surface area contributed by atoms with Gasteiger partial charge in [0.05, 0.1) is 0 Å². The molecule has 2 heteroatoms. The third-order valence-electron chi connectivity index (χ3n) is 0. The van der Waals surface area contributed by atoms with Crippen LogP contribution in [0.5, 0.6) is 0 Å². The summed E-state index contributed by atoms with van der Waals surface area (Å²) in [5.41, 5.74) is 0. The molecule has 0 fully saturated rings. The summed E-state index contributed by atoms with van der Waals surface area (Å²) >= 11 is 0. The highest BCUT2D eigenvalue weighted by atomic mass is 79.9. The average Bonchev–Trinajstić information content (AvgIpc) is 0. The van der Waals surface area contributed by atoms with Gasteiger partial charge in [-0.3, -0.25) is 0 Å². The third-order valence-corrected chi connectivity index (χ3v) is 0. The van der Waals surface area contributed by atoms with Crippen LogP contribution in [0.2, 0.25) is 0 Å². The summed E-state index contributed by atoms with van der Waals surface area (Å²) in [6.45, 7) is 0. The van der Waals surface area contributed by atoms with E-state index in [2.05, 4.69) is 0 Å². The number of halogens is 2. The van der Waals surface area contributed by atoms with Gasteiger partial charge < -0.3 is 0 Å². The van der Waals surface area contributed by atoms with Gasteiger partial charge in [0.2, 0.25) is 0 Å². The Bertz CT molecular complexity index is 5.51. The fourth-order valence-corrected chi connectivity index (χ4v) is 0. The van der Waals surface area contributed by atoms with Crippen molar-refractivity contribution in [3.8, 4) is 0 Å². The standard InChI is InChI=1S/4CH4.2BrH/h4*1H4;2*1H. The maximum atomic E-state index is 0. The summed E-state index contributed by atoms with van der Waals surface area (Å²) in [5.74, 6) is 0. The molecule has 0 aromatic rings. The zero-order valence-electron chi connectivity index (χ0n) is 0.816. The lowest BCUT2D eigenvalue weighted by Crippen LogP contribution is 0.143. The molecular formula is C4H18Br2. The molecule has 0 spiro atoms. The molecule has 0 rings (SSSR count). The molecule has 0 aliphatic rings. The molecule has 0 N–H and O–H groups in total. The number of hydrogen-bond donors (Lipinski definition) is 0. The highest BCUT2D eigenvalue weighted by Crippen LogP contribution is 0.847. The van der Waals surface area contributed by atoms with E-state index in [0.717, 1.165) is 0 Å². The van der Waals surface area contributed by atoms with Gasteiger partial charge in [0.25, 0.3) is 0 Å². The van der Waals surface area contributed by atoms with Crippen LogP contribution in [-0.2, 0) is 0 Å². The van der Waals surface area contributed by atoms with Crippen LogP contribution in [-0.4, -0.2) is 0 Å². The van der Waals surface area contributed by atoms with Crippen LogP contribution in [0.15, 0.2) is 0 Å². The predicted molar refractivity (Wildman–Crippen MR) is 47.6 cm³/mol. The normalized spacial score (nSPS) is 0. The molecule has 0 heterocycles. The van der Waals surface area contributed by atoms with Crippen LogP contribution in [0.3, 0.4) is 0 Å². The second-order valence-electron chi connectivity index (χ2n) is 0. The molecule has 0 aliphatic carbocycles. The van der Waals surface area contributed by atoms with Crippen molar-refractivity contribution >= 4 is 34.0 Å². The summed E-state index contributed by atoms with van der Waals surface area (Å²) in [7, 11) is 0. The van der Waals surface area contributed by atoms with Gasteiger partial charge in [0.15, 0.2) is 0 Å². The van der Waals surface area contributed by atoms with E-state index in [-0.39, 0.29) is 63.7 Å². The Kier molecular flexibility index (Phi) is 7110. The van der Waals surface area contributed by atoms with Gasteiger partial charge in [-0.1, -0.05) is 29.7 Å². The first-order valence-corrected chi connectivity index (χ1v) is 0. The fourth-order valence-electron chi connectivity index (χ4n) is 0. The summed E-state index contributed by atoms with van der Waals surface area (Å²) in [6, 6.07) is 0. The molecule has 0 amide bonds. The van der Waals surface area contributed by atoms with E-state index >= 15 is 0 Å². The molecule has 0 aromatic heterocycles. The number of hydrogen-bond acceptors (Lipinski definition) is 0. The van der Waals surface area contributed by atoms with Crippen molar-refractivity contribution in [1.82, 2.24) is 0 Å². The molecule has 0 aliphatic heterocycles. The predicted octanol–water partition coefficient (Wildman–Crippen LogP) is 3.70. The monoisotopic (exact) mass is 224 g/mol. The zero-order valence-corrected chi connectivity index (χ0v) is 4.24. The molecule has 0 nitrogen and oxygen atoms in total. The Morgan fingerprint density at radius 2 is 0.333 bits per heavy atom. The smallest absolute Gasteiger partial charge is 0.0776 e. The van der Waals surface area contributed by atoms with E-state index < -0.39 is 0 Å². The molecule has 0 aromatic carbocycles. The first-order valence-electron chi connectivity index (χ1n) is 0. The maximum Gasteiger partial charge on any atom is -0.0776 e. The minimum absolute atomic E-state index is 0. The molecule has 48 valence electrons. The molecular weight excluding hydrogens is 208 g/mol. The second-order valence-corrected chi connectivity index (χ2v) is 0. The van der Waals surface area contributed by atoms with E-state index in [4.69, 9.17) is 0 Å². The van der Waals surface area contributed by atoms with Gasteiger partial charge in [-0.25, -0.2) is 0 Å². The second kappa shape index (κ2) is 159.